The van der Waals surface area contributed by atoms with E-state index in [1.54, 1.807) is 6.92 Å². The van der Waals surface area contributed by atoms with Gasteiger partial charge in [0.25, 0.3) is 0 Å². The first-order chi connectivity index (χ1) is 9.54. The van der Waals surface area contributed by atoms with Crippen molar-refractivity contribution in [1.29, 1.82) is 0 Å². The van der Waals surface area contributed by atoms with Gasteiger partial charge in [-0.25, -0.2) is 4.79 Å². The van der Waals surface area contributed by atoms with Crippen molar-refractivity contribution in [3.05, 3.63) is 11.5 Å². The molecule has 6 heteroatoms. The topological polar surface area (TPSA) is 87.4 Å². The van der Waals surface area contributed by atoms with E-state index < -0.39 is 5.60 Å². The van der Waals surface area contributed by atoms with E-state index >= 15 is 0 Å². The molecule has 0 aliphatic heterocycles. The van der Waals surface area contributed by atoms with Crippen LogP contribution in [0.1, 0.15) is 50.5 Å². The summed E-state index contributed by atoms with van der Waals surface area (Å²) >= 11 is 0. The van der Waals surface area contributed by atoms with Crippen LogP contribution in [-0.4, -0.2) is 28.4 Å². The molecule has 0 unspecified atom stereocenters. The Kier molecular flexibility index (Phi) is 4.65. The molecule has 0 saturated heterocycles. The van der Waals surface area contributed by atoms with Gasteiger partial charge in [0.05, 0.1) is 5.60 Å². The van der Waals surface area contributed by atoms with Gasteiger partial charge in [-0.2, -0.15) is 0 Å². The molecule has 1 heterocycles. The van der Waals surface area contributed by atoms with Crippen molar-refractivity contribution in [2.45, 2.75) is 58.0 Å². The molecule has 1 aliphatic carbocycles. The van der Waals surface area contributed by atoms with E-state index in [1.165, 1.54) is 0 Å². The Labute approximate surface area is 118 Å². The van der Waals surface area contributed by atoms with Crippen molar-refractivity contribution in [1.82, 2.24) is 10.5 Å². The molecule has 0 aromatic carbocycles. The lowest BCUT2D eigenvalue weighted by Gasteiger charge is -2.32. The predicted molar refractivity (Wildman–Crippen MR) is 75.7 cm³/mol. The number of rotatable bonds is 4. The molecule has 1 aromatic heterocycles. The summed E-state index contributed by atoms with van der Waals surface area (Å²) in [5.74, 6) is 0.661. The van der Waals surface area contributed by atoms with Gasteiger partial charge in [-0.15, -0.1) is 0 Å². The number of anilines is 1. The minimum Gasteiger partial charge on any atom is -0.388 e. The third-order valence-electron chi connectivity index (χ3n) is 3.86. The lowest BCUT2D eigenvalue weighted by Crippen LogP contribution is -2.45. The third-order valence-corrected chi connectivity index (χ3v) is 3.86. The summed E-state index contributed by atoms with van der Waals surface area (Å²) in [6, 6.07) is -0.329. The zero-order chi connectivity index (χ0) is 14.6. The van der Waals surface area contributed by atoms with Gasteiger partial charge in [0.2, 0.25) is 0 Å². The molecule has 1 aromatic rings. The van der Waals surface area contributed by atoms with E-state index in [0.717, 1.165) is 32.1 Å². The van der Waals surface area contributed by atoms with Crippen LogP contribution in [0.4, 0.5) is 10.5 Å². The molecule has 6 nitrogen and oxygen atoms in total. The molecule has 0 atom stereocenters. The zero-order valence-electron chi connectivity index (χ0n) is 12.2. The quantitative estimate of drug-likeness (QED) is 0.790. The fraction of sp³-hybridized carbons (Fsp3) is 0.714. The predicted octanol–water partition coefficient (Wildman–Crippen LogP) is 2.36. The number of carbonyl (C=O) groups excluding carboxylic acids is 1. The number of hydrogen-bond donors (Lipinski definition) is 3. The Morgan fingerprint density at radius 1 is 1.40 bits per heavy atom. The molecule has 3 N–H and O–H groups in total. The van der Waals surface area contributed by atoms with Gasteiger partial charge in [0.15, 0.2) is 5.76 Å². The normalized spacial score (nSPS) is 17.8. The molecule has 0 spiro atoms. The molecule has 2 amide bonds. The summed E-state index contributed by atoms with van der Waals surface area (Å²) in [6.45, 7) is 4.01. The second-order valence-electron chi connectivity index (χ2n) is 5.51. The molecule has 0 bridgehead atoms. The highest BCUT2D eigenvalue weighted by Crippen LogP contribution is 2.27. The molecular weight excluding hydrogens is 258 g/mol. The maximum absolute atomic E-state index is 11.9. The third kappa shape index (κ3) is 3.50. The standard InChI is InChI=1S/C14H23N3O3/c1-3-11-12(10(2)17-20-11)16-13(18)15-9-14(19)7-5-4-6-8-14/h19H,3-9H2,1-2H3,(H2,15,16,18). The van der Waals surface area contributed by atoms with Crippen molar-refractivity contribution < 1.29 is 14.4 Å². The van der Waals surface area contributed by atoms with Crippen LogP contribution in [0.25, 0.3) is 0 Å². The molecular formula is C14H23N3O3. The Hall–Kier alpha value is -1.56. The smallest absolute Gasteiger partial charge is 0.319 e. The number of aromatic nitrogens is 1. The first kappa shape index (κ1) is 14.8. The van der Waals surface area contributed by atoms with Gasteiger partial charge in [0.1, 0.15) is 11.4 Å². The summed E-state index contributed by atoms with van der Waals surface area (Å²) < 4.78 is 5.12. The Morgan fingerprint density at radius 3 is 2.75 bits per heavy atom. The Balaban J connectivity index is 1.87. The SMILES string of the molecule is CCc1onc(C)c1NC(=O)NCC1(O)CCCCC1. The van der Waals surface area contributed by atoms with Gasteiger partial charge < -0.3 is 20.3 Å². The Bertz CT molecular complexity index is 464. The van der Waals surface area contributed by atoms with Gasteiger partial charge in [-0.1, -0.05) is 31.3 Å². The Morgan fingerprint density at radius 2 is 2.10 bits per heavy atom. The van der Waals surface area contributed by atoms with Crippen molar-refractivity contribution in [3.8, 4) is 0 Å². The van der Waals surface area contributed by atoms with E-state index in [9.17, 15) is 9.90 Å². The average Bonchev–Trinajstić information content (AvgIpc) is 2.78. The highest BCUT2D eigenvalue weighted by atomic mass is 16.5. The molecule has 0 radical (unpaired) electrons. The van der Waals surface area contributed by atoms with Crippen molar-refractivity contribution in [2.24, 2.45) is 0 Å². The van der Waals surface area contributed by atoms with Crippen LogP contribution in [0.15, 0.2) is 4.52 Å². The fourth-order valence-corrected chi connectivity index (χ4v) is 2.61. The highest BCUT2D eigenvalue weighted by Gasteiger charge is 2.29. The fourth-order valence-electron chi connectivity index (χ4n) is 2.61. The highest BCUT2D eigenvalue weighted by molar-refractivity contribution is 5.90. The average molecular weight is 281 g/mol. The summed E-state index contributed by atoms with van der Waals surface area (Å²) in [4.78, 5) is 11.9. The first-order valence-electron chi connectivity index (χ1n) is 7.26. The minimum atomic E-state index is -0.757. The largest absolute Gasteiger partial charge is 0.388 e. The number of aliphatic hydroxyl groups is 1. The van der Waals surface area contributed by atoms with Gasteiger partial charge >= 0.3 is 6.03 Å². The van der Waals surface area contributed by atoms with Crippen LogP contribution < -0.4 is 10.6 Å². The minimum absolute atomic E-state index is 0.282. The second kappa shape index (κ2) is 6.26. The van der Waals surface area contributed by atoms with Gasteiger partial charge in [-0.3, -0.25) is 0 Å². The van der Waals surface area contributed by atoms with Crippen molar-refractivity contribution >= 4 is 11.7 Å². The number of hydrogen-bond acceptors (Lipinski definition) is 4. The number of urea groups is 1. The maximum Gasteiger partial charge on any atom is 0.319 e. The van der Waals surface area contributed by atoms with Crippen LogP contribution in [0.3, 0.4) is 0 Å². The molecule has 20 heavy (non-hydrogen) atoms. The lowest BCUT2D eigenvalue weighted by atomic mass is 9.85. The van der Waals surface area contributed by atoms with Crippen LogP contribution in [0.2, 0.25) is 0 Å². The summed E-state index contributed by atoms with van der Waals surface area (Å²) in [5, 5.41) is 19.7. The van der Waals surface area contributed by atoms with E-state index in [2.05, 4.69) is 15.8 Å². The lowest BCUT2D eigenvalue weighted by molar-refractivity contribution is 0.00755. The molecule has 2 rings (SSSR count). The number of nitrogens with one attached hydrogen (secondary N) is 2. The van der Waals surface area contributed by atoms with Crippen molar-refractivity contribution in [3.63, 3.8) is 0 Å². The van der Waals surface area contributed by atoms with Crippen LogP contribution in [0, 0.1) is 6.92 Å². The van der Waals surface area contributed by atoms with E-state index in [4.69, 9.17) is 4.52 Å². The van der Waals surface area contributed by atoms with E-state index in [-0.39, 0.29) is 12.6 Å². The number of amides is 2. The summed E-state index contributed by atoms with van der Waals surface area (Å²) in [7, 11) is 0. The van der Waals surface area contributed by atoms with Crippen molar-refractivity contribution in [2.75, 3.05) is 11.9 Å². The molecule has 1 saturated carbocycles. The van der Waals surface area contributed by atoms with E-state index in [1.807, 2.05) is 6.92 Å². The number of nitrogens with zero attached hydrogens (tertiary/aromatic N) is 1. The summed E-state index contributed by atoms with van der Waals surface area (Å²) in [6.07, 6.45) is 5.36. The van der Waals surface area contributed by atoms with Gasteiger partial charge in [-0.05, 0) is 19.8 Å². The van der Waals surface area contributed by atoms with E-state index in [0.29, 0.717) is 23.6 Å². The van der Waals surface area contributed by atoms with Crippen LogP contribution in [0.5, 0.6) is 0 Å². The number of carbonyl (C=O) groups is 1. The maximum atomic E-state index is 11.9. The summed E-state index contributed by atoms with van der Waals surface area (Å²) in [5.41, 5.74) is 0.529. The second-order valence-corrected chi connectivity index (χ2v) is 5.51. The first-order valence-corrected chi connectivity index (χ1v) is 7.26. The number of aryl methyl sites for hydroxylation is 2. The molecule has 1 fully saturated rings. The van der Waals surface area contributed by atoms with Crippen LogP contribution in [-0.2, 0) is 6.42 Å². The zero-order valence-corrected chi connectivity index (χ0v) is 12.2. The molecule has 1 aliphatic rings. The molecule has 112 valence electrons. The van der Waals surface area contributed by atoms with Gasteiger partial charge in [0, 0.05) is 13.0 Å². The van der Waals surface area contributed by atoms with Crippen LogP contribution >= 0.6 is 0 Å². The monoisotopic (exact) mass is 281 g/mol.